The van der Waals surface area contributed by atoms with Crippen LogP contribution in [0.5, 0.6) is 0 Å². The summed E-state index contributed by atoms with van der Waals surface area (Å²) < 4.78 is 11.9. The van der Waals surface area contributed by atoms with E-state index in [1.807, 2.05) is 47.0 Å². The summed E-state index contributed by atoms with van der Waals surface area (Å²) in [6.45, 7) is 4.24. The molecule has 0 N–H and O–H groups in total. The minimum atomic E-state index is -0.351. The zero-order chi connectivity index (χ0) is 18.1. The van der Waals surface area contributed by atoms with E-state index in [1.54, 1.807) is 32.2 Å². The van der Waals surface area contributed by atoms with Crippen molar-refractivity contribution in [3.8, 4) is 0 Å². The van der Waals surface area contributed by atoms with Crippen LogP contribution in [-0.4, -0.2) is 31.4 Å². The van der Waals surface area contributed by atoms with Gasteiger partial charge in [-0.25, -0.2) is 4.79 Å². The van der Waals surface area contributed by atoms with Crippen molar-refractivity contribution in [2.24, 2.45) is 0 Å². The van der Waals surface area contributed by atoms with Gasteiger partial charge >= 0.3 is 11.9 Å². The first-order valence-corrected chi connectivity index (χ1v) is 8.26. The number of nitrogens with zero attached hydrogens (tertiary/aromatic N) is 1. The van der Waals surface area contributed by atoms with E-state index in [0.717, 1.165) is 11.4 Å². The van der Waals surface area contributed by atoms with E-state index in [4.69, 9.17) is 9.47 Å². The summed E-state index contributed by atoms with van der Waals surface area (Å²) in [6.07, 6.45) is 1.93. The molecule has 0 heterocycles. The molecule has 0 aliphatic carbocycles. The van der Waals surface area contributed by atoms with Crippen LogP contribution in [0.25, 0.3) is 0 Å². The molecule has 130 valence electrons. The summed E-state index contributed by atoms with van der Waals surface area (Å²) in [5, 5.41) is 0. The average Bonchev–Trinajstić information content (AvgIpc) is 2.64. The number of benzene rings is 2. The number of esters is 2. The second kappa shape index (κ2) is 9.37. The van der Waals surface area contributed by atoms with E-state index in [-0.39, 0.29) is 18.4 Å². The Morgan fingerprint density at radius 3 is 2.08 bits per heavy atom. The number of hydrogen-bond acceptors (Lipinski definition) is 4. The lowest BCUT2D eigenvalue weighted by Crippen LogP contribution is -2.12. The van der Waals surface area contributed by atoms with Gasteiger partial charge in [-0.3, -0.25) is 4.79 Å². The zero-order valence-electron chi connectivity index (χ0n) is 14.5. The quantitative estimate of drug-likeness (QED) is 0.438. The van der Waals surface area contributed by atoms with Crippen LogP contribution in [0.15, 0.2) is 54.6 Å². The van der Waals surface area contributed by atoms with Gasteiger partial charge in [0.2, 0.25) is 11.4 Å². The van der Waals surface area contributed by atoms with Crippen molar-refractivity contribution in [2.45, 2.75) is 20.3 Å². The average molecular weight is 340 g/mol. The SMILES string of the molecule is CCOC(=O)CC=[N+](c1ccccc1)c1ccc(C(=O)OCC)cc1. The van der Waals surface area contributed by atoms with Gasteiger partial charge in [0.25, 0.3) is 0 Å². The second-order valence-electron chi connectivity index (χ2n) is 5.16. The van der Waals surface area contributed by atoms with Gasteiger partial charge in [-0.2, -0.15) is 4.58 Å². The maximum absolute atomic E-state index is 11.8. The van der Waals surface area contributed by atoms with Crippen LogP contribution < -0.4 is 4.58 Å². The summed E-state index contributed by atoms with van der Waals surface area (Å²) in [4.78, 5) is 23.5. The third-order valence-corrected chi connectivity index (χ3v) is 3.44. The van der Waals surface area contributed by atoms with E-state index < -0.39 is 0 Å². The van der Waals surface area contributed by atoms with Crippen molar-refractivity contribution in [1.29, 1.82) is 0 Å². The van der Waals surface area contributed by atoms with Crippen molar-refractivity contribution < 1.29 is 19.1 Å². The summed E-state index contributed by atoms with van der Waals surface area (Å²) in [5.41, 5.74) is 2.24. The molecule has 0 saturated carbocycles. The van der Waals surface area contributed by atoms with Crippen LogP contribution in [0.1, 0.15) is 30.6 Å². The molecule has 2 aromatic rings. The molecule has 0 aliphatic rings. The monoisotopic (exact) mass is 340 g/mol. The Bertz CT molecular complexity index is 736. The largest absolute Gasteiger partial charge is 0.466 e. The van der Waals surface area contributed by atoms with Gasteiger partial charge in [-0.05, 0) is 26.0 Å². The Balaban J connectivity index is 2.30. The molecule has 25 heavy (non-hydrogen) atoms. The van der Waals surface area contributed by atoms with Crippen LogP contribution in [0.3, 0.4) is 0 Å². The Kier molecular flexibility index (Phi) is 6.89. The topological polar surface area (TPSA) is 55.6 Å². The first-order chi connectivity index (χ1) is 12.2. The van der Waals surface area contributed by atoms with Crippen molar-refractivity contribution in [1.82, 2.24) is 4.58 Å². The molecule has 0 fully saturated rings. The maximum atomic E-state index is 11.8. The molecular formula is C20H22NO4+. The highest BCUT2D eigenvalue weighted by atomic mass is 16.5. The molecule has 0 atom stereocenters. The molecule has 0 amide bonds. The van der Waals surface area contributed by atoms with E-state index in [1.165, 1.54) is 0 Å². The van der Waals surface area contributed by atoms with Crippen LogP contribution >= 0.6 is 0 Å². The van der Waals surface area contributed by atoms with Crippen LogP contribution in [0, 0.1) is 0 Å². The predicted molar refractivity (Wildman–Crippen MR) is 97.6 cm³/mol. The predicted octanol–water partition coefficient (Wildman–Crippen LogP) is 3.72. The third-order valence-electron chi connectivity index (χ3n) is 3.44. The maximum Gasteiger partial charge on any atom is 0.338 e. The van der Waals surface area contributed by atoms with Crippen molar-refractivity contribution in [3.05, 3.63) is 60.2 Å². The van der Waals surface area contributed by atoms with Gasteiger partial charge in [0.1, 0.15) is 6.42 Å². The molecule has 0 unspecified atom stereocenters. The van der Waals surface area contributed by atoms with E-state index in [0.29, 0.717) is 18.8 Å². The lowest BCUT2D eigenvalue weighted by Gasteiger charge is -2.05. The molecule has 2 rings (SSSR count). The number of ether oxygens (including phenoxy) is 2. The summed E-state index contributed by atoms with van der Waals surface area (Å²) >= 11 is 0. The van der Waals surface area contributed by atoms with Crippen LogP contribution in [-0.2, 0) is 14.3 Å². The minimum Gasteiger partial charge on any atom is -0.466 e. The fourth-order valence-electron chi connectivity index (χ4n) is 2.31. The smallest absolute Gasteiger partial charge is 0.338 e. The van der Waals surface area contributed by atoms with Gasteiger partial charge in [0, 0.05) is 24.3 Å². The summed E-state index contributed by atoms with van der Waals surface area (Å²) in [5.74, 6) is -0.637. The molecule has 2 aromatic carbocycles. The van der Waals surface area contributed by atoms with Crippen LogP contribution in [0.2, 0.25) is 0 Å². The molecule has 0 saturated heterocycles. The minimum absolute atomic E-state index is 0.155. The van der Waals surface area contributed by atoms with Crippen molar-refractivity contribution >= 4 is 29.5 Å². The summed E-state index contributed by atoms with van der Waals surface area (Å²) in [7, 11) is 0. The van der Waals surface area contributed by atoms with E-state index in [9.17, 15) is 9.59 Å². The number of carbonyl (C=O) groups excluding carboxylic acids is 2. The molecule has 0 aliphatic heterocycles. The number of para-hydroxylation sites is 1. The van der Waals surface area contributed by atoms with E-state index >= 15 is 0 Å². The van der Waals surface area contributed by atoms with Gasteiger partial charge in [-0.15, -0.1) is 0 Å². The Morgan fingerprint density at radius 1 is 0.880 bits per heavy atom. The number of carbonyl (C=O) groups is 2. The first-order valence-electron chi connectivity index (χ1n) is 8.26. The Labute approximate surface area is 147 Å². The van der Waals surface area contributed by atoms with E-state index in [2.05, 4.69) is 0 Å². The fourth-order valence-corrected chi connectivity index (χ4v) is 2.31. The fraction of sp³-hybridized carbons (Fsp3) is 0.250. The highest BCUT2D eigenvalue weighted by molar-refractivity contribution is 5.91. The molecule has 0 aromatic heterocycles. The Hall–Kier alpha value is -2.95. The molecule has 0 bridgehead atoms. The van der Waals surface area contributed by atoms with Gasteiger partial charge in [0.15, 0.2) is 6.21 Å². The normalized spacial score (nSPS) is 11.0. The second-order valence-corrected chi connectivity index (χ2v) is 5.16. The first kappa shape index (κ1) is 18.4. The number of rotatable bonds is 7. The highest BCUT2D eigenvalue weighted by Crippen LogP contribution is 2.20. The third kappa shape index (κ3) is 5.28. The number of hydrogen-bond donors (Lipinski definition) is 0. The van der Waals surface area contributed by atoms with Gasteiger partial charge in [-0.1, -0.05) is 18.2 Å². The van der Waals surface area contributed by atoms with Crippen molar-refractivity contribution in [3.63, 3.8) is 0 Å². The zero-order valence-corrected chi connectivity index (χ0v) is 14.5. The lowest BCUT2D eigenvalue weighted by atomic mass is 10.2. The molecule has 0 spiro atoms. The highest BCUT2D eigenvalue weighted by Gasteiger charge is 2.15. The molecular weight excluding hydrogens is 318 g/mol. The molecule has 5 heteroatoms. The lowest BCUT2D eigenvalue weighted by molar-refractivity contribution is -0.141. The standard InChI is InChI=1S/C20H22NO4/c1-3-24-19(22)14-15-21(17-8-6-5-7-9-17)18-12-10-16(11-13-18)20(23)25-4-2/h5-13,15H,3-4,14H2,1-2H3/q+1. The summed E-state index contributed by atoms with van der Waals surface area (Å²) in [6, 6.07) is 16.7. The molecule has 5 nitrogen and oxygen atoms in total. The van der Waals surface area contributed by atoms with Crippen molar-refractivity contribution in [2.75, 3.05) is 13.2 Å². The van der Waals surface area contributed by atoms with Gasteiger partial charge < -0.3 is 9.47 Å². The Morgan fingerprint density at radius 2 is 1.48 bits per heavy atom. The van der Waals surface area contributed by atoms with Gasteiger partial charge in [0.05, 0.1) is 18.8 Å². The van der Waals surface area contributed by atoms with Crippen LogP contribution in [0.4, 0.5) is 11.4 Å². The molecule has 0 radical (unpaired) electrons.